The second-order valence-electron chi connectivity index (χ2n) is 5.45. The molecule has 7 nitrogen and oxygen atoms in total. The van der Waals surface area contributed by atoms with Crippen LogP contribution in [0.25, 0.3) is 0 Å². The largest absolute Gasteiger partial charge is 0.465 e. The van der Waals surface area contributed by atoms with Crippen LogP contribution in [-0.2, 0) is 19.4 Å². The molecule has 1 atom stereocenters. The second-order valence-corrected chi connectivity index (χ2v) is 7.68. The number of ether oxygens (including phenoxy) is 1. The van der Waals surface area contributed by atoms with Crippen LogP contribution in [0.2, 0.25) is 0 Å². The van der Waals surface area contributed by atoms with Gasteiger partial charge in [-0.15, -0.1) is 0 Å². The van der Waals surface area contributed by atoms with Crippen LogP contribution in [0.15, 0.2) is 24.3 Å². The van der Waals surface area contributed by atoms with Gasteiger partial charge < -0.3 is 15.0 Å². The number of carbonyl (C=O) groups is 2. The topological polar surface area (TPSA) is 92.8 Å². The van der Waals surface area contributed by atoms with Gasteiger partial charge in [-0.25, -0.2) is 13.2 Å². The summed E-state index contributed by atoms with van der Waals surface area (Å²) in [5.74, 6) is -0.593. The van der Waals surface area contributed by atoms with Crippen molar-refractivity contribution in [1.82, 2.24) is 4.90 Å². The first kappa shape index (κ1) is 17.3. The molecule has 1 aliphatic rings. The lowest BCUT2D eigenvalue weighted by molar-refractivity contribution is -0.129. The van der Waals surface area contributed by atoms with Gasteiger partial charge in [0.25, 0.3) is 0 Å². The summed E-state index contributed by atoms with van der Waals surface area (Å²) in [4.78, 5) is 25.3. The fraction of sp³-hybridized carbons (Fsp3) is 0.467. The highest BCUT2D eigenvalue weighted by Crippen LogP contribution is 2.18. The molecule has 1 aliphatic heterocycles. The molecule has 0 bridgehead atoms. The van der Waals surface area contributed by atoms with Crippen LogP contribution in [0.3, 0.4) is 0 Å². The first-order chi connectivity index (χ1) is 10.8. The highest BCUT2D eigenvalue weighted by Gasteiger charge is 2.32. The van der Waals surface area contributed by atoms with E-state index in [9.17, 15) is 18.0 Å². The zero-order valence-corrected chi connectivity index (χ0v) is 13.9. The van der Waals surface area contributed by atoms with E-state index in [1.165, 1.54) is 12.0 Å². The van der Waals surface area contributed by atoms with Gasteiger partial charge in [-0.2, -0.15) is 0 Å². The van der Waals surface area contributed by atoms with Gasteiger partial charge in [0.05, 0.1) is 30.7 Å². The SMILES string of the molecule is COC(=O)c1ccccc1NCC(=O)N(C)[C@H]1CCS(=O)(=O)C1. The monoisotopic (exact) mass is 340 g/mol. The first-order valence-corrected chi connectivity index (χ1v) is 9.03. The number of sulfone groups is 1. The standard InChI is InChI=1S/C15H20N2O5S/c1-17(11-7-8-23(20,21)10-11)14(18)9-16-13-6-4-3-5-12(13)15(19)22-2/h3-6,11,16H,7-10H2,1-2H3/t11-/m0/s1. The lowest BCUT2D eigenvalue weighted by Gasteiger charge is -2.24. The van der Waals surface area contributed by atoms with Gasteiger partial charge in [0.2, 0.25) is 5.91 Å². The summed E-state index contributed by atoms with van der Waals surface area (Å²) in [5.41, 5.74) is 0.842. The van der Waals surface area contributed by atoms with E-state index in [0.717, 1.165) is 0 Å². The number of esters is 1. The third-order valence-electron chi connectivity index (χ3n) is 3.91. The Morgan fingerprint density at radius 1 is 1.35 bits per heavy atom. The molecule has 0 saturated carbocycles. The summed E-state index contributed by atoms with van der Waals surface area (Å²) >= 11 is 0. The Morgan fingerprint density at radius 3 is 2.65 bits per heavy atom. The Labute approximate surface area is 135 Å². The molecule has 8 heteroatoms. The van der Waals surface area contributed by atoms with Gasteiger partial charge in [-0.3, -0.25) is 4.79 Å². The molecule has 2 rings (SSSR count). The smallest absolute Gasteiger partial charge is 0.339 e. The average molecular weight is 340 g/mol. The molecule has 126 valence electrons. The van der Waals surface area contributed by atoms with Crippen LogP contribution in [0, 0.1) is 0 Å². The maximum absolute atomic E-state index is 12.2. The number of nitrogens with one attached hydrogen (secondary N) is 1. The third-order valence-corrected chi connectivity index (χ3v) is 5.66. The molecule has 0 aliphatic carbocycles. The molecule has 1 heterocycles. The zero-order valence-electron chi connectivity index (χ0n) is 13.1. The summed E-state index contributed by atoms with van der Waals surface area (Å²) in [7, 11) is -0.149. The number of nitrogens with zero attached hydrogens (tertiary/aromatic N) is 1. The molecule has 0 unspecified atom stereocenters. The van der Waals surface area contributed by atoms with Gasteiger partial charge in [0.15, 0.2) is 9.84 Å². The number of benzene rings is 1. The van der Waals surface area contributed by atoms with Crippen LogP contribution in [0.5, 0.6) is 0 Å². The lowest BCUT2D eigenvalue weighted by atomic mass is 10.1. The first-order valence-electron chi connectivity index (χ1n) is 7.21. The van der Waals surface area contributed by atoms with E-state index in [2.05, 4.69) is 5.32 Å². The quantitative estimate of drug-likeness (QED) is 0.786. The predicted octanol–water partition coefficient (Wildman–Crippen LogP) is 0.531. The molecule has 1 saturated heterocycles. The van der Waals surface area contributed by atoms with E-state index in [-0.39, 0.29) is 30.0 Å². The van der Waals surface area contributed by atoms with Crippen molar-refractivity contribution >= 4 is 27.4 Å². The highest BCUT2D eigenvalue weighted by atomic mass is 32.2. The van der Waals surface area contributed by atoms with E-state index < -0.39 is 15.8 Å². The highest BCUT2D eigenvalue weighted by molar-refractivity contribution is 7.91. The van der Waals surface area contributed by atoms with E-state index in [0.29, 0.717) is 17.7 Å². The lowest BCUT2D eigenvalue weighted by Crippen LogP contribution is -2.41. The number of amides is 1. The van der Waals surface area contributed by atoms with Crippen molar-refractivity contribution in [1.29, 1.82) is 0 Å². The molecular formula is C15H20N2O5S. The van der Waals surface area contributed by atoms with Crippen molar-refractivity contribution < 1.29 is 22.7 Å². The summed E-state index contributed by atoms with van der Waals surface area (Å²) in [5, 5.41) is 2.91. The van der Waals surface area contributed by atoms with Crippen molar-refractivity contribution in [2.75, 3.05) is 37.5 Å². The molecule has 1 N–H and O–H groups in total. The van der Waals surface area contributed by atoms with E-state index in [1.54, 1.807) is 31.3 Å². The van der Waals surface area contributed by atoms with Crippen LogP contribution in [0.4, 0.5) is 5.69 Å². The van der Waals surface area contributed by atoms with Crippen molar-refractivity contribution in [3.05, 3.63) is 29.8 Å². The van der Waals surface area contributed by atoms with E-state index in [4.69, 9.17) is 4.74 Å². The number of carbonyl (C=O) groups excluding carboxylic acids is 2. The number of para-hydroxylation sites is 1. The summed E-state index contributed by atoms with van der Waals surface area (Å²) in [6.07, 6.45) is 0.462. The van der Waals surface area contributed by atoms with Crippen LogP contribution in [-0.4, -0.2) is 63.4 Å². The molecule has 0 spiro atoms. The number of hydrogen-bond donors (Lipinski definition) is 1. The number of hydrogen-bond acceptors (Lipinski definition) is 6. The maximum Gasteiger partial charge on any atom is 0.339 e. The Balaban J connectivity index is 1.98. The molecule has 0 radical (unpaired) electrons. The Hall–Kier alpha value is -2.09. The number of anilines is 1. The van der Waals surface area contributed by atoms with Crippen molar-refractivity contribution in [3.8, 4) is 0 Å². The molecule has 1 aromatic carbocycles. The van der Waals surface area contributed by atoms with E-state index in [1.807, 2.05) is 0 Å². The number of methoxy groups -OCH3 is 1. The molecular weight excluding hydrogens is 320 g/mol. The summed E-state index contributed by atoms with van der Waals surface area (Å²) in [6.45, 7) is -0.0267. The average Bonchev–Trinajstić information content (AvgIpc) is 2.91. The Kier molecular flexibility index (Phi) is 5.25. The van der Waals surface area contributed by atoms with Gasteiger partial charge in [-0.05, 0) is 18.6 Å². The second kappa shape index (κ2) is 6.99. The Morgan fingerprint density at radius 2 is 2.04 bits per heavy atom. The van der Waals surface area contributed by atoms with Gasteiger partial charge in [0.1, 0.15) is 0 Å². The molecule has 23 heavy (non-hydrogen) atoms. The minimum absolute atomic E-state index is 0.00792. The fourth-order valence-corrected chi connectivity index (χ4v) is 4.28. The van der Waals surface area contributed by atoms with E-state index >= 15 is 0 Å². The van der Waals surface area contributed by atoms with Crippen LogP contribution >= 0.6 is 0 Å². The number of likely N-dealkylation sites (N-methyl/N-ethyl adjacent to an activating group) is 1. The zero-order chi connectivity index (χ0) is 17.0. The fourth-order valence-electron chi connectivity index (χ4n) is 2.51. The van der Waals surface area contributed by atoms with Crippen molar-refractivity contribution in [2.24, 2.45) is 0 Å². The van der Waals surface area contributed by atoms with Crippen LogP contribution in [0.1, 0.15) is 16.8 Å². The summed E-state index contributed by atoms with van der Waals surface area (Å²) in [6, 6.07) is 6.44. The third kappa shape index (κ3) is 4.22. The van der Waals surface area contributed by atoms with Gasteiger partial charge in [0, 0.05) is 18.8 Å². The van der Waals surface area contributed by atoms with Gasteiger partial charge >= 0.3 is 5.97 Å². The van der Waals surface area contributed by atoms with Crippen molar-refractivity contribution in [3.63, 3.8) is 0 Å². The predicted molar refractivity (Wildman–Crippen MR) is 86.1 cm³/mol. The summed E-state index contributed by atoms with van der Waals surface area (Å²) < 4.78 is 27.7. The molecule has 1 fully saturated rings. The molecule has 0 aromatic heterocycles. The normalized spacial score (nSPS) is 19.1. The number of rotatable bonds is 5. The minimum atomic E-state index is -3.04. The van der Waals surface area contributed by atoms with Crippen LogP contribution < -0.4 is 5.32 Å². The van der Waals surface area contributed by atoms with Crippen molar-refractivity contribution in [2.45, 2.75) is 12.5 Å². The minimum Gasteiger partial charge on any atom is -0.465 e. The van der Waals surface area contributed by atoms with Gasteiger partial charge in [-0.1, -0.05) is 12.1 Å². The molecule has 1 amide bonds. The molecule has 1 aromatic rings. The maximum atomic E-state index is 12.2. The Bertz CT molecular complexity index is 702.